The van der Waals surface area contributed by atoms with Gasteiger partial charge in [-0.25, -0.2) is 0 Å². The molecule has 5 rings (SSSR count). The van der Waals surface area contributed by atoms with Crippen LogP contribution >= 0.6 is 0 Å². The SMILES string of the molecule is CC[NH+]1C=CN(C)C1.c1ccc([B-](c2ccccc2)(c2ccccc2)c2ccccc2)cc1. The topological polar surface area (TPSA) is 7.68 Å². The Morgan fingerprint density at radius 3 is 1.15 bits per heavy atom. The third-order valence-electron chi connectivity index (χ3n) is 6.67. The highest BCUT2D eigenvalue weighted by molar-refractivity contribution is 7.19. The number of nitrogens with one attached hydrogen (secondary N) is 1. The first kappa shape index (κ1) is 22.6. The van der Waals surface area contributed by atoms with E-state index in [4.69, 9.17) is 0 Å². The van der Waals surface area contributed by atoms with E-state index in [0.717, 1.165) is 6.67 Å². The van der Waals surface area contributed by atoms with Crippen LogP contribution in [0.15, 0.2) is 134 Å². The maximum atomic E-state index is 2.26. The molecule has 2 nitrogen and oxygen atoms in total. The third kappa shape index (κ3) is 4.94. The molecule has 0 amide bonds. The Kier molecular flexibility index (Phi) is 7.44. The van der Waals surface area contributed by atoms with E-state index in [9.17, 15) is 0 Å². The van der Waals surface area contributed by atoms with E-state index in [1.165, 1.54) is 33.3 Å². The Bertz CT molecular complexity index is 966. The van der Waals surface area contributed by atoms with E-state index in [1.807, 2.05) is 0 Å². The lowest BCUT2D eigenvalue weighted by molar-refractivity contribution is -0.846. The van der Waals surface area contributed by atoms with Gasteiger partial charge < -0.3 is 4.90 Å². The molecule has 0 spiro atoms. The minimum Gasteiger partial charge on any atom is -0.329 e. The van der Waals surface area contributed by atoms with E-state index in [-0.39, 0.29) is 0 Å². The number of hydrogen-bond acceptors (Lipinski definition) is 1. The summed E-state index contributed by atoms with van der Waals surface area (Å²) >= 11 is 0. The van der Waals surface area contributed by atoms with Crippen molar-refractivity contribution in [3.63, 3.8) is 0 Å². The quantitative estimate of drug-likeness (QED) is 0.476. The van der Waals surface area contributed by atoms with Crippen molar-refractivity contribution in [3.8, 4) is 0 Å². The fourth-order valence-corrected chi connectivity index (χ4v) is 5.01. The summed E-state index contributed by atoms with van der Waals surface area (Å²) in [4.78, 5) is 3.73. The van der Waals surface area contributed by atoms with Crippen molar-refractivity contribution in [2.75, 3.05) is 20.3 Å². The second-order valence-corrected chi connectivity index (χ2v) is 8.75. The smallest absolute Gasteiger partial charge is 0.156 e. The minimum atomic E-state index is -1.22. The van der Waals surface area contributed by atoms with Crippen LogP contribution in [0.4, 0.5) is 0 Å². The van der Waals surface area contributed by atoms with Gasteiger partial charge in [0.2, 0.25) is 0 Å². The second-order valence-electron chi connectivity index (χ2n) is 8.75. The normalized spacial score (nSPS) is 15.1. The molecule has 1 aliphatic rings. The summed E-state index contributed by atoms with van der Waals surface area (Å²) in [7, 11) is 2.10. The molecule has 4 aromatic rings. The lowest BCUT2D eigenvalue weighted by atomic mass is 9.13. The van der Waals surface area contributed by atoms with Crippen molar-refractivity contribution in [1.29, 1.82) is 0 Å². The maximum absolute atomic E-state index is 2.26. The van der Waals surface area contributed by atoms with Crippen LogP contribution in [0, 0.1) is 0 Å². The predicted octanol–water partition coefficient (Wildman–Crippen LogP) is 2.33. The van der Waals surface area contributed by atoms with E-state index in [0.29, 0.717) is 0 Å². The summed E-state index contributed by atoms with van der Waals surface area (Å²) in [6.07, 6.45) is 3.10. The average molecular weight is 432 g/mol. The Morgan fingerprint density at radius 1 is 0.606 bits per heavy atom. The molecule has 0 bridgehead atoms. The zero-order chi connectivity index (χ0) is 22.9. The molecule has 1 atom stereocenters. The highest BCUT2D eigenvalue weighted by atomic mass is 15.3. The van der Waals surface area contributed by atoms with Gasteiger partial charge in [0.15, 0.2) is 6.67 Å². The van der Waals surface area contributed by atoms with Gasteiger partial charge in [0, 0.05) is 7.05 Å². The Balaban J connectivity index is 0.000000275. The van der Waals surface area contributed by atoms with Crippen LogP contribution in [0.5, 0.6) is 0 Å². The molecule has 0 saturated heterocycles. The molecular formula is C30H33BN2. The van der Waals surface area contributed by atoms with Gasteiger partial charge in [-0.05, 0) is 6.92 Å². The maximum Gasteiger partial charge on any atom is 0.156 e. The molecular weight excluding hydrogens is 399 g/mol. The van der Waals surface area contributed by atoms with Gasteiger partial charge in [-0.2, -0.15) is 21.9 Å². The summed E-state index contributed by atoms with van der Waals surface area (Å²) in [5, 5.41) is 0. The Morgan fingerprint density at radius 2 is 0.939 bits per heavy atom. The van der Waals surface area contributed by atoms with Gasteiger partial charge in [-0.1, -0.05) is 121 Å². The molecule has 1 heterocycles. The van der Waals surface area contributed by atoms with Gasteiger partial charge in [0.1, 0.15) is 12.3 Å². The first-order valence-electron chi connectivity index (χ1n) is 11.9. The average Bonchev–Trinajstić information content (AvgIpc) is 3.33. The molecule has 3 heteroatoms. The van der Waals surface area contributed by atoms with Gasteiger partial charge in [0.25, 0.3) is 0 Å². The molecule has 166 valence electrons. The van der Waals surface area contributed by atoms with Crippen molar-refractivity contribution in [3.05, 3.63) is 134 Å². The fourth-order valence-electron chi connectivity index (χ4n) is 5.01. The van der Waals surface area contributed by atoms with Crippen LogP contribution in [0.2, 0.25) is 0 Å². The van der Waals surface area contributed by atoms with Crippen LogP contribution in [0.1, 0.15) is 6.92 Å². The molecule has 1 aliphatic heterocycles. The molecule has 0 radical (unpaired) electrons. The number of quaternary nitrogens is 1. The largest absolute Gasteiger partial charge is 0.329 e. The lowest BCUT2D eigenvalue weighted by Crippen LogP contribution is -3.06. The Labute approximate surface area is 198 Å². The van der Waals surface area contributed by atoms with Crippen molar-refractivity contribution in [2.24, 2.45) is 0 Å². The Hall–Kier alpha value is -3.56. The van der Waals surface area contributed by atoms with E-state index < -0.39 is 6.15 Å². The first-order chi connectivity index (χ1) is 16.2. The molecule has 0 aliphatic carbocycles. The first-order valence-corrected chi connectivity index (χ1v) is 11.9. The van der Waals surface area contributed by atoms with E-state index in [2.05, 4.69) is 153 Å². The fraction of sp³-hybridized carbons (Fsp3) is 0.133. The van der Waals surface area contributed by atoms with Crippen LogP contribution in [-0.4, -0.2) is 31.3 Å². The van der Waals surface area contributed by atoms with Crippen molar-refractivity contribution < 1.29 is 4.90 Å². The number of hydrogen-bond donors (Lipinski definition) is 1. The molecule has 1 unspecified atom stereocenters. The number of nitrogens with zero attached hydrogens (tertiary/aromatic N) is 1. The van der Waals surface area contributed by atoms with Gasteiger partial charge in [0.05, 0.1) is 12.7 Å². The highest BCUT2D eigenvalue weighted by Crippen LogP contribution is 2.09. The summed E-state index contributed by atoms with van der Waals surface area (Å²) in [6.45, 7) is 4.52. The standard InChI is InChI=1S/C24H20B.C6H12N2/c1-5-13-21(14-6-1)25(22-15-7-2-8-16-22,23-17-9-3-10-18-23)24-19-11-4-12-20-24;1-3-8-5-4-7(2)6-8/h1-20H;4-5H,3,6H2,1-2H3/q-1;/p+1. The molecule has 4 aromatic carbocycles. The molecule has 33 heavy (non-hydrogen) atoms. The molecule has 0 fully saturated rings. The predicted molar refractivity (Wildman–Crippen MR) is 143 cm³/mol. The van der Waals surface area contributed by atoms with Crippen LogP contribution in [0.25, 0.3) is 0 Å². The lowest BCUT2D eigenvalue weighted by Gasteiger charge is -2.44. The summed E-state index contributed by atoms with van der Waals surface area (Å²) in [6, 6.07) is 43.5. The van der Waals surface area contributed by atoms with Crippen molar-refractivity contribution >= 4 is 28.0 Å². The zero-order valence-electron chi connectivity index (χ0n) is 19.6. The van der Waals surface area contributed by atoms with Crippen molar-refractivity contribution in [1.82, 2.24) is 4.90 Å². The van der Waals surface area contributed by atoms with Crippen LogP contribution in [0.3, 0.4) is 0 Å². The minimum absolute atomic E-state index is 1.14. The van der Waals surface area contributed by atoms with Gasteiger partial charge in [-0.15, -0.1) is 0 Å². The molecule has 0 aromatic heterocycles. The highest BCUT2D eigenvalue weighted by Gasteiger charge is 2.31. The number of rotatable bonds is 5. The monoisotopic (exact) mass is 432 g/mol. The van der Waals surface area contributed by atoms with Gasteiger partial charge >= 0.3 is 0 Å². The summed E-state index contributed by atoms with van der Waals surface area (Å²) in [5.74, 6) is 0. The molecule has 0 saturated carbocycles. The van der Waals surface area contributed by atoms with Crippen LogP contribution in [-0.2, 0) is 0 Å². The number of benzene rings is 4. The third-order valence-corrected chi connectivity index (χ3v) is 6.67. The van der Waals surface area contributed by atoms with Gasteiger partial charge in [-0.3, -0.25) is 4.90 Å². The van der Waals surface area contributed by atoms with Crippen molar-refractivity contribution in [2.45, 2.75) is 6.92 Å². The van der Waals surface area contributed by atoms with Crippen LogP contribution < -0.4 is 26.8 Å². The zero-order valence-corrected chi connectivity index (χ0v) is 19.6. The van der Waals surface area contributed by atoms with E-state index in [1.54, 1.807) is 0 Å². The summed E-state index contributed by atoms with van der Waals surface area (Å²) < 4.78 is 0. The second kappa shape index (κ2) is 10.8. The summed E-state index contributed by atoms with van der Waals surface area (Å²) in [5.41, 5.74) is 5.36. The van der Waals surface area contributed by atoms with E-state index >= 15 is 0 Å². The molecule has 1 N–H and O–H groups in total.